The molecule has 0 bridgehead atoms. The van der Waals surface area contributed by atoms with Crippen LogP contribution in [0.15, 0.2) is 12.3 Å². The average Bonchev–Trinajstić information content (AvgIpc) is 2.72. The van der Waals surface area contributed by atoms with E-state index >= 15 is 0 Å². The normalized spacial score (nSPS) is 13.4. The number of pyridine rings is 1. The maximum atomic E-state index is 11.3. The van der Waals surface area contributed by atoms with Crippen LogP contribution in [0, 0.1) is 0 Å². The zero-order valence-electron chi connectivity index (χ0n) is 9.49. The number of ether oxygens (including phenoxy) is 1. The fourth-order valence-electron chi connectivity index (χ4n) is 1.50. The Hall–Kier alpha value is -1.62. The van der Waals surface area contributed by atoms with E-state index in [1.54, 1.807) is 20.3 Å². The summed E-state index contributed by atoms with van der Waals surface area (Å²) in [6.07, 6.45) is 1.80. The second-order valence-electron chi connectivity index (χ2n) is 3.97. The van der Waals surface area contributed by atoms with Gasteiger partial charge in [0, 0.05) is 39.4 Å². The maximum Gasteiger partial charge on any atom is 0.260 e. The first-order valence-electron chi connectivity index (χ1n) is 5.18. The summed E-state index contributed by atoms with van der Waals surface area (Å²) in [6.45, 7) is 1.74. The fraction of sp³-hybridized carbons (Fsp3) is 0.455. The van der Waals surface area contributed by atoms with Gasteiger partial charge in [0.15, 0.2) is 6.61 Å². The lowest BCUT2D eigenvalue weighted by molar-refractivity contribution is -0.130. The van der Waals surface area contributed by atoms with Crippen LogP contribution in [-0.4, -0.2) is 36.5 Å². The van der Waals surface area contributed by atoms with Crippen LogP contribution in [0.1, 0.15) is 11.1 Å². The van der Waals surface area contributed by atoms with E-state index in [-0.39, 0.29) is 12.5 Å². The SMILES string of the molecule is CN(C)C(=O)COc1cc2c(cn1)CNC2. The van der Waals surface area contributed by atoms with Gasteiger partial charge in [0.1, 0.15) is 0 Å². The first kappa shape index (κ1) is 10.9. The molecule has 5 heteroatoms. The highest BCUT2D eigenvalue weighted by atomic mass is 16.5. The first-order chi connectivity index (χ1) is 7.66. The number of nitrogens with zero attached hydrogens (tertiary/aromatic N) is 2. The lowest BCUT2D eigenvalue weighted by Gasteiger charge is -2.11. The number of aromatic nitrogens is 1. The summed E-state index contributed by atoms with van der Waals surface area (Å²) in [5.41, 5.74) is 2.40. The molecule has 1 aromatic rings. The van der Waals surface area contributed by atoms with E-state index in [1.807, 2.05) is 6.07 Å². The minimum absolute atomic E-state index is 0.0339. The molecule has 1 N–H and O–H groups in total. The van der Waals surface area contributed by atoms with Crippen LogP contribution in [0.25, 0.3) is 0 Å². The quantitative estimate of drug-likeness (QED) is 0.789. The van der Waals surface area contributed by atoms with Crippen molar-refractivity contribution in [1.29, 1.82) is 0 Å². The van der Waals surface area contributed by atoms with Crippen molar-refractivity contribution in [3.63, 3.8) is 0 Å². The number of hydrogen-bond acceptors (Lipinski definition) is 4. The number of nitrogens with one attached hydrogen (secondary N) is 1. The van der Waals surface area contributed by atoms with Gasteiger partial charge in [-0.15, -0.1) is 0 Å². The molecule has 0 saturated heterocycles. The predicted octanol–water partition coefficient (Wildman–Crippen LogP) is 0.152. The monoisotopic (exact) mass is 221 g/mol. The second-order valence-corrected chi connectivity index (χ2v) is 3.97. The number of hydrogen-bond donors (Lipinski definition) is 1. The van der Waals surface area contributed by atoms with Crippen molar-refractivity contribution in [3.8, 4) is 5.88 Å². The van der Waals surface area contributed by atoms with Gasteiger partial charge in [0.2, 0.25) is 5.88 Å². The van der Waals surface area contributed by atoms with Gasteiger partial charge in [-0.05, 0) is 11.1 Å². The highest BCUT2D eigenvalue weighted by Gasteiger charge is 2.12. The van der Waals surface area contributed by atoms with Crippen molar-refractivity contribution in [3.05, 3.63) is 23.4 Å². The van der Waals surface area contributed by atoms with Crippen molar-refractivity contribution in [1.82, 2.24) is 15.2 Å². The molecule has 2 heterocycles. The van der Waals surface area contributed by atoms with Gasteiger partial charge in [-0.3, -0.25) is 4.79 Å². The Balaban J connectivity index is 1.98. The Morgan fingerprint density at radius 1 is 1.50 bits per heavy atom. The van der Waals surface area contributed by atoms with Crippen LogP contribution in [-0.2, 0) is 17.9 Å². The fourth-order valence-corrected chi connectivity index (χ4v) is 1.50. The molecule has 2 rings (SSSR count). The Bertz CT molecular complexity index is 404. The maximum absolute atomic E-state index is 11.3. The molecule has 0 aliphatic carbocycles. The molecule has 1 amide bonds. The minimum atomic E-state index is -0.0691. The molecule has 0 atom stereocenters. The zero-order valence-corrected chi connectivity index (χ0v) is 9.49. The molecule has 16 heavy (non-hydrogen) atoms. The molecular formula is C11H15N3O2. The van der Waals surface area contributed by atoms with Crippen LogP contribution in [0.4, 0.5) is 0 Å². The number of amides is 1. The Kier molecular flexibility index (Phi) is 3.05. The van der Waals surface area contributed by atoms with Gasteiger partial charge in [0.25, 0.3) is 5.91 Å². The van der Waals surface area contributed by atoms with E-state index in [0.717, 1.165) is 13.1 Å². The zero-order chi connectivity index (χ0) is 11.5. The molecule has 0 spiro atoms. The van der Waals surface area contributed by atoms with E-state index in [0.29, 0.717) is 5.88 Å². The Morgan fingerprint density at radius 2 is 2.25 bits per heavy atom. The standard InChI is InChI=1S/C11H15N3O2/c1-14(2)11(15)7-16-10-3-8-4-12-5-9(8)6-13-10/h3,6,12H,4-5,7H2,1-2H3. The Labute approximate surface area is 94.4 Å². The summed E-state index contributed by atoms with van der Waals surface area (Å²) >= 11 is 0. The van der Waals surface area contributed by atoms with Gasteiger partial charge < -0.3 is 15.0 Å². The smallest absolute Gasteiger partial charge is 0.260 e. The molecule has 0 fully saturated rings. The molecule has 86 valence electrons. The third kappa shape index (κ3) is 2.30. The molecular weight excluding hydrogens is 206 g/mol. The molecule has 1 aliphatic rings. The largest absolute Gasteiger partial charge is 0.468 e. The van der Waals surface area contributed by atoms with E-state index in [1.165, 1.54) is 16.0 Å². The topological polar surface area (TPSA) is 54.5 Å². The van der Waals surface area contributed by atoms with Crippen LogP contribution in [0.2, 0.25) is 0 Å². The Morgan fingerprint density at radius 3 is 3.00 bits per heavy atom. The van der Waals surface area contributed by atoms with E-state index in [9.17, 15) is 4.79 Å². The number of rotatable bonds is 3. The van der Waals surface area contributed by atoms with Crippen molar-refractivity contribution in [2.75, 3.05) is 20.7 Å². The molecule has 1 aliphatic heterocycles. The van der Waals surface area contributed by atoms with Crippen molar-refractivity contribution in [2.45, 2.75) is 13.1 Å². The van der Waals surface area contributed by atoms with Crippen molar-refractivity contribution >= 4 is 5.91 Å². The first-order valence-corrected chi connectivity index (χ1v) is 5.18. The second kappa shape index (κ2) is 4.49. The number of likely N-dealkylation sites (N-methyl/N-ethyl adjacent to an activating group) is 1. The molecule has 1 aromatic heterocycles. The van der Waals surface area contributed by atoms with Crippen LogP contribution in [0.3, 0.4) is 0 Å². The summed E-state index contributed by atoms with van der Waals surface area (Å²) in [5, 5.41) is 3.23. The van der Waals surface area contributed by atoms with Gasteiger partial charge in [-0.25, -0.2) is 4.98 Å². The van der Waals surface area contributed by atoms with Crippen LogP contribution >= 0.6 is 0 Å². The molecule has 5 nitrogen and oxygen atoms in total. The predicted molar refractivity (Wildman–Crippen MR) is 59.0 cm³/mol. The van der Waals surface area contributed by atoms with Crippen molar-refractivity contribution < 1.29 is 9.53 Å². The van der Waals surface area contributed by atoms with Gasteiger partial charge >= 0.3 is 0 Å². The molecule has 0 radical (unpaired) electrons. The van der Waals surface area contributed by atoms with Gasteiger partial charge in [-0.1, -0.05) is 0 Å². The van der Waals surface area contributed by atoms with E-state index < -0.39 is 0 Å². The van der Waals surface area contributed by atoms with Crippen molar-refractivity contribution in [2.24, 2.45) is 0 Å². The minimum Gasteiger partial charge on any atom is -0.468 e. The third-order valence-corrected chi connectivity index (χ3v) is 2.53. The highest BCUT2D eigenvalue weighted by Crippen LogP contribution is 2.18. The van der Waals surface area contributed by atoms with E-state index in [2.05, 4.69) is 10.3 Å². The number of carbonyl (C=O) groups excluding carboxylic acids is 1. The molecule has 0 aromatic carbocycles. The van der Waals surface area contributed by atoms with Gasteiger partial charge in [-0.2, -0.15) is 0 Å². The number of carbonyl (C=O) groups is 1. The summed E-state index contributed by atoms with van der Waals surface area (Å²) in [4.78, 5) is 17.0. The summed E-state index contributed by atoms with van der Waals surface area (Å²) < 4.78 is 5.32. The molecule has 0 unspecified atom stereocenters. The summed E-state index contributed by atoms with van der Waals surface area (Å²) in [5.74, 6) is 0.443. The average molecular weight is 221 g/mol. The lowest BCUT2D eigenvalue weighted by Crippen LogP contribution is -2.27. The number of fused-ring (bicyclic) bond motifs is 1. The van der Waals surface area contributed by atoms with Crippen LogP contribution < -0.4 is 10.1 Å². The van der Waals surface area contributed by atoms with Crippen LogP contribution in [0.5, 0.6) is 5.88 Å². The summed E-state index contributed by atoms with van der Waals surface area (Å²) in [6, 6.07) is 1.89. The van der Waals surface area contributed by atoms with E-state index in [4.69, 9.17) is 4.74 Å². The highest BCUT2D eigenvalue weighted by molar-refractivity contribution is 5.77. The lowest BCUT2D eigenvalue weighted by atomic mass is 10.2. The molecule has 0 saturated carbocycles. The summed E-state index contributed by atoms with van der Waals surface area (Å²) in [7, 11) is 3.40. The van der Waals surface area contributed by atoms with Gasteiger partial charge in [0.05, 0.1) is 0 Å². The third-order valence-electron chi connectivity index (χ3n) is 2.53.